The Labute approximate surface area is 200 Å². The van der Waals surface area contributed by atoms with E-state index in [0.29, 0.717) is 31.3 Å². The molecular weight excluding hydrogens is 465 g/mol. The van der Waals surface area contributed by atoms with E-state index in [0.717, 1.165) is 17.7 Å². The van der Waals surface area contributed by atoms with Crippen molar-refractivity contribution in [1.82, 2.24) is 20.7 Å². The molecule has 1 aromatic heterocycles. The Bertz CT molecular complexity index is 1110. The van der Waals surface area contributed by atoms with E-state index in [2.05, 4.69) is 15.7 Å². The number of nitrogens with zero attached hydrogens (tertiary/aromatic N) is 2. The molecule has 4 rings (SSSR count). The van der Waals surface area contributed by atoms with E-state index in [9.17, 15) is 33.0 Å². The summed E-state index contributed by atoms with van der Waals surface area (Å²) in [6, 6.07) is 2.92. The summed E-state index contributed by atoms with van der Waals surface area (Å²) in [6.45, 7) is 3.10. The monoisotopic (exact) mass is 492 g/mol. The number of nitrogens with one attached hydrogen (secondary N) is 2. The number of pyridine rings is 1. The van der Waals surface area contributed by atoms with E-state index in [4.69, 9.17) is 0 Å². The van der Waals surface area contributed by atoms with Crippen LogP contribution in [-0.2, 0) is 11.0 Å². The lowest BCUT2D eigenvalue weighted by Crippen LogP contribution is -2.45. The van der Waals surface area contributed by atoms with Gasteiger partial charge < -0.3 is 20.5 Å². The molecule has 8 nitrogen and oxygen atoms in total. The largest absolute Gasteiger partial charge is 0.481 e. The molecule has 11 heteroatoms. The van der Waals surface area contributed by atoms with E-state index in [1.165, 1.54) is 6.07 Å². The lowest BCUT2D eigenvalue weighted by molar-refractivity contribution is -0.143. The first-order chi connectivity index (χ1) is 16.3. The first-order valence-corrected chi connectivity index (χ1v) is 11.3. The summed E-state index contributed by atoms with van der Waals surface area (Å²) in [7, 11) is 0. The van der Waals surface area contributed by atoms with Crippen molar-refractivity contribution in [1.29, 1.82) is 0 Å². The van der Waals surface area contributed by atoms with Crippen molar-refractivity contribution >= 4 is 11.9 Å². The molecule has 0 saturated heterocycles. The van der Waals surface area contributed by atoms with Gasteiger partial charge in [0.25, 0.3) is 5.91 Å². The molecule has 4 N–H and O–H groups in total. The summed E-state index contributed by atoms with van der Waals surface area (Å²) in [4.78, 5) is 27.4. The molecule has 1 unspecified atom stereocenters. The Hall–Kier alpha value is -3.18. The number of carbonyl (C=O) groups excluding carboxylic acids is 1. The minimum Gasteiger partial charge on any atom is -0.481 e. The van der Waals surface area contributed by atoms with Crippen LogP contribution in [0.1, 0.15) is 55.7 Å². The Balaban J connectivity index is 1.55. The predicted octanol–water partition coefficient (Wildman–Crippen LogP) is 3.14. The van der Waals surface area contributed by atoms with Gasteiger partial charge in [-0.3, -0.25) is 9.59 Å². The van der Waals surface area contributed by atoms with Crippen LogP contribution in [0.25, 0.3) is 0 Å². The minimum absolute atomic E-state index is 0.100. The molecular formula is C24H27F3N4O4. The average molecular weight is 492 g/mol. The number of rotatable bonds is 5. The molecule has 188 valence electrons. The van der Waals surface area contributed by atoms with E-state index >= 15 is 0 Å². The number of hydrogen-bond donors (Lipinski definition) is 4. The molecule has 0 aromatic carbocycles. The first-order valence-electron chi connectivity index (χ1n) is 11.3. The second-order valence-electron chi connectivity index (χ2n) is 9.54. The lowest BCUT2D eigenvalue weighted by Gasteiger charge is -2.34. The Morgan fingerprint density at radius 1 is 1.17 bits per heavy atom. The number of hydrazine groups is 1. The highest BCUT2D eigenvalue weighted by Gasteiger charge is 2.37. The number of aliphatic hydroxyl groups is 1. The number of aromatic nitrogens is 1. The van der Waals surface area contributed by atoms with Crippen LogP contribution >= 0.6 is 0 Å². The number of carboxylic acid groups (broad SMARTS) is 1. The maximum atomic E-state index is 13.0. The Morgan fingerprint density at radius 2 is 1.86 bits per heavy atom. The topological polar surface area (TPSA) is 115 Å². The Morgan fingerprint density at radius 3 is 2.46 bits per heavy atom. The van der Waals surface area contributed by atoms with Crippen LogP contribution in [0.15, 0.2) is 53.4 Å². The molecule has 1 saturated carbocycles. The van der Waals surface area contributed by atoms with Crippen molar-refractivity contribution in [2.75, 3.05) is 0 Å². The van der Waals surface area contributed by atoms with Gasteiger partial charge in [0.05, 0.1) is 17.6 Å². The van der Waals surface area contributed by atoms with E-state index in [1.54, 1.807) is 26.0 Å². The summed E-state index contributed by atoms with van der Waals surface area (Å²) >= 11 is 0. The van der Waals surface area contributed by atoms with Crippen molar-refractivity contribution < 1.29 is 33.0 Å². The Kier molecular flexibility index (Phi) is 6.50. The van der Waals surface area contributed by atoms with Gasteiger partial charge in [-0.05, 0) is 63.3 Å². The SMILES string of the molecule is CC(C)(O)C1=CC2NN(C3CCC(C(=O)O)CC3)C=C2C=C1NC(=O)c1cccc(C(F)(F)F)n1. The fraction of sp³-hybridized carbons (Fsp3) is 0.458. The number of carboxylic acids is 1. The van der Waals surface area contributed by atoms with Gasteiger partial charge >= 0.3 is 12.1 Å². The summed E-state index contributed by atoms with van der Waals surface area (Å²) < 4.78 is 39.0. The minimum atomic E-state index is -4.68. The number of alkyl halides is 3. The molecule has 1 atom stereocenters. The molecule has 2 aliphatic carbocycles. The highest BCUT2D eigenvalue weighted by atomic mass is 19.4. The lowest BCUT2D eigenvalue weighted by atomic mass is 9.86. The number of hydrogen-bond acceptors (Lipinski definition) is 6. The van der Waals surface area contributed by atoms with Gasteiger partial charge in [0.1, 0.15) is 11.4 Å². The van der Waals surface area contributed by atoms with Gasteiger partial charge in [-0.15, -0.1) is 0 Å². The molecule has 0 spiro atoms. The second-order valence-corrected chi connectivity index (χ2v) is 9.54. The molecule has 1 aliphatic heterocycles. The van der Waals surface area contributed by atoms with E-state index < -0.39 is 35.0 Å². The maximum Gasteiger partial charge on any atom is 0.433 e. The zero-order chi connectivity index (χ0) is 25.5. The zero-order valence-corrected chi connectivity index (χ0v) is 19.3. The molecule has 2 heterocycles. The quantitative estimate of drug-likeness (QED) is 0.499. The standard InChI is InChI=1S/C24H27F3N4O4/c1-23(2,35)16-11-18-14(12-31(30-18)15-8-6-13(7-9-15)22(33)34)10-19(16)29-21(32)17-4-3-5-20(28-17)24(25,26)27/h3-5,10-13,15,18,30,35H,6-9H2,1-2H3,(H,29,32)(H,33,34). The van der Waals surface area contributed by atoms with Crippen LogP contribution < -0.4 is 10.7 Å². The van der Waals surface area contributed by atoms with Crippen molar-refractivity contribution in [3.8, 4) is 0 Å². The highest BCUT2D eigenvalue weighted by Crippen LogP contribution is 2.35. The van der Waals surface area contributed by atoms with Gasteiger partial charge in [0.15, 0.2) is 0 Å². The third-order valence-corrected chi connectivity index (χ3v) is 6.49. The van der Waals surface area contributed by atoms with Crippen molar-refractivity contribution in [3.63, 3.8) is 0 Å². The second kappa shape index (κ2) is 9.12. The molecule has 1 fully saturated rings. The number of fused-ring (bicyclic) bond motifs is 1. The van der Waals surface area contributed by atoms with Crippen molar-refractivity contribution in [2.24, 2.45) is 5.92 Å². The zero-order valence-electron chi connectivity index (χ0n) is 19.3. The van der Waals surface area contributed by atoms with Gasteiger partial charge in [0, 0.05) is 23.5 Å². The molecule has 0 bridgehead atoms. The van der Waals surface area contributed by atoms with Crippen LogP contribution in [0.5, 0.6) is 0 Å². The highest BCUT2D eigenvalue weighted by molar-refractivity contribution is 5.94. The smallest absolute Gasteiger partial charge is 0.433 e. The van der Waals surface area contributed by atoms with Crippen LogP contribution in [0.3, 0.4) is 0 Å². The molecule has 0 radical (unpaired) electrons. The molecule has 3 aliphatic rings. The molecule has 35 heavy (non-hydrogen) atoms. The van der Waals surface area contributed by atoms with Crippen LogP contribution in [0.4, 0.5) is 13.2 Å². The summed E-state index contributed by atoms with van der Waals surface area (Å²) in [5.74, 6) is -1.94. The third kappa shape index (κ3) is 5.40. The van der Waals surface area contributed by atoms with Crippen molar-refractivity contribution in [2.45, 2.75) is 63.4 Å². The molecule has 1 amide bonds. The third-order valence-electron chi connectivity index (χ3n) is 6.49. The number of halogens is 3. The summed E-state index contributed by atoms with van der Waals surface area (Å²) in [5.41, 5.74) is 1.91. The van der Waals surface area contributed by atoms with Gasteiger partial charge in [0.2, 0.25) is 0 Å². The number of aliphatic carboxylic acids is 1. The summed E-state index contributed by atoms with van der Waals surface area (Å²) in [6.07, 6.45) is 3.22. The van der Waals surface area contributed by atoms with Gasteiger partial charge in [-0.1, -0.05) is 12.1 Å². The van der Waals surface area contributed by atoms with Gasteiger partial charge in [-0.2, -0.15) is 13.2 Å². The van der Waals surface area contributed by atoms with Gasteiger partial charge in [-0.25, -0.2) is 10.4 Å². The van der Waals surface area contributed by atoms with Crippen LogP contribution in [0, 0.1) is 5.92 Å². The molecule has 1 aromatic rings. The van der Waals surface area contributed by atoms with E-state index in [-0.39, 0.29) is 23.7 Å². The predicted molar refractivity (Wildman–Crippen MR) is 119 cm³/mol. The van der Waals surface area contributed by atoms with Crippen LogP contribution in [-0.4, -0.2) is 49.8 Å². The average Bonchev–Trinajstić information content (AvgIpc) is 3.20. The normalized spacial score (nSPS) is 24.8. The maximum absolute atomic E-state index is 13.0. The van der Waals surface area contributed by atoms with Crippen LogP contribution in [0.2, 0.25) is 0 Å². The van der Waals surface area contributed by atoms with E-state index in [1.807, 2.05) is 11.2 Å². The fourth-order valence-corrected chi connectivity index (χ4v) is 4.63. The number of carbonyl (C=O) groups is 2. The number of amides is 1. The van der Waals surface area contributed by atoms with Crippen molar-refractivity contribution in [3.05, 3.63) is 64.8 Å². The first kappa shape index (κ1) is 24.9. The summed E-state index contributed by atoms with van der Waals surface area (Å²) in [5, 5.41) is 24.5. The fourth-order valence-electron chi connectivity index (χ4n) is 4.63.